The van der Waals surface area contributed by atoms with Crippen molar-refractivity contribution in [2.45, 2.75) is 61.5 Å². The van der Waals surface area contributed by atoms with Crippen molar-refractivity contribution in [3.8, 4) is 0 Å². The standard InChI is InChI=1S/C13H25NO9/c14-5-1-4(2-15)12(10(20)7(5)17)23-13-11(21)9(19)8(18)6(3-16)22-13/h4-13,15-21H,1-3,14H2/t4-,5+,6-,7+,8-,9+,10-,11-,12-,13-/m1/s1. The Hall–Kier alpha value is -0.400. The molecule has 1 saturated carbocycles. The number of aliphatic hydroxyl groups excluding tert-OH is 7. The molecule has 0 aromatic rings. The molecule has 9 N–H and O–H groups in total. The van der Waals surface area contributed by atoms with Crippen LogP contribution in [0.4, 0.5) is 0 Å². The second-order valence-electron chi connectivity index (χ2n) is 6.12. The van der Waals surface area contributed by atoms with E-state index < -0.39 is 67.6 Å². The van der Waals surface area contributed by atoms with Gasteiger partial charge in [0.2, 0.25) is 0 Å². The average Bonchev–Trinajstić information content (AvgIpc) is 2.55. The van der Waals surface area contributed by atoms with E-state index in [4.69, 9.17) is 20.3 Å². The lowest BCUT2D eigenvalue weighted by Gasteiger charge is -2.45. The summed E-state index contributed by atoms with van der Waals surface area (Å²) in [4.78, 5) is 0. The van der Waals surface area contributed by atoms with Gasteiger partial charge in [-0.2, -0.15) is 0 Å². The van der Waals surface area contributed by atoms with E-state index in [0.717, 1.165) is 0 Å². The number of aliphatic hydroxyl groups is 7. The Bertz CT molecular complexity index is 382. The minimum Gasteiger partial charge on any atom is -0.396 e. The molecule has 1 saturated heterocycles. The maximum Gasteiger partial charge on any atom is 0.187 e. The van der Waals surface area contributed by atoms with Gasteiger partial charge in [0.15, 0.2) is 6.29 Å². The van der Waals surface area contributed by atoms with Crippen molar-refractivity contribution in [1.82, 2.24) is 0 Å². The van der Waals surface area contributed by atoms with Crippen LogP contribution in [0.25, 0.3) is 0 Å². The first-order chi connectivity index (χ1) is 10.8. The Kier molecular flexibility index (Phi) is 6.30. The van der Waals surface area contributed by atoms with Crippen LogP contribution in [0, 0.1) is 5.92 Å². The van der Waals surface area contributed by atoms with Gasteiger partial charge in [0.1, 0.15) is 30.5 Å². The molecule has 10 atom stereocenters. The predicted molar refractivity (Wildman–Crippen MR) is 73.8 cm³/mol. The van der Waals surface area contributed by atoms with Crippen molar-refractivity contribution in [2.24, 2.45) is 11.7 Å². The third-order valence-corrected chi connectivity index (χ3v) is 4.54. The number of hydrogen-bond donors (Lipinski definition) is 8. The smallest absolute Gasteiger partial charge is 0.187 e. The molecule has 2 rings (SSSR count). The summed E-state index contributed by atoms with van der Waals surface area (Å²) in [6.45, 7) is -0.992. The lowest BCUT2D eigenvalue weighted by molar-refractivity contribution is -0.328. The fraction of sp³-hybridized carbons (Fsp3) is 1.00. The number of hydrogen-bond acceptors (Lipinski definition) is 10. The molecule has 1 heterocycles. The van der Waals surface area contributed by atoms with Crippen molar-refractivity contribution < 1.29 is 45.2 Å². The van der Waals surface area contributed by atoms with Crippen molar-refractivity contribution in [2.75, 3.05) is 13.2 Å². The first kappa shape index (κ1) is 18.9. The highest BCUT2D eigenvalue weighted by molar-refractivity contribution is 4.97. The van der Waals surface area contributed by atoms with Crippen LogP contribution < -0.4 is 5.73 Å². The normalized spacial score (nSPS) is 51.7. The third kappa shape index (κ3) is 3.66. The summed E-state index contributed by atoms with van der Waals surface area (Å²) in [5.41, 5.74) is 5.68. The molecular formula is C13H25NO9. The number of ether oxygens (including phenoxy) is 2. The molecule has 23 heavy (non-hydrogen) atoms. The zero-order valence-electron chi connectivity index (χ0n) is 12.4. The molecule has 0 aromatic heterocycles. The van der Waals surface area contributed by atoms with Gasteiger partial charge in [0.05, 0.1) is 18.8 Å². The van der Waals surface area contributed by atoms with E-state index in [1.165, 1.54) is 0 Å². The van der Waals surface area contributed by atoms with Crippen LogP contribution in [0.5, 0.6) is 0 Å². The van der Waals surface area contributed by atoms with Gasteiger partial charge in [0, 0.05) is 18.6 Å². The van der Waals surface area contributed by atoms with Crippen LogP contribution in [0.1, 0.15) is 6.42 Å². The van der Waals surface area contributed by atoms with Crippen LogP contribution in [0.2, 0.25) is 0 Å². The Morgan fingerprint density at radius 1 is 0.870 bits per heavy atom. The summed E-state index contributed by atoms with van der Waals surface area (Å²) in [7, 11) is 0. The fourth-order valence-electron chi connectivity index (χ4n) is 3.05. The Morgan fingerprint density at radius 2 is 1.52 bits per heavy atom. The molecule has 10 nitrogen and oxygen atoms in total. The second-order valence-corrected chi connectivity index (χ2v) is 6.12. The third-order valence-electron chi connectivity index (χ3n) is 4.54. The monoisotopic (exact) mass is 339 g/mol. The van der Waals surface area contributed by atoms with E-state index in [0.29, 0.717) is 0 Å². The second kappa shape index (κ2) is 7.66. The molecule has 136 valence electrons. The topological polar surface area (TPSA) is 186 Å². The van der Waals surface area contributed by atoms with E-state index >= 15 is 0 Å². The highest BCUT2D eigenvalue weighted by atomic mass is 16.7. The van der Waals surface area contributed by atoms with Crippen LogP contribution in [0.15, 0.2) is 0 Å². The van der Waals surface area contributed by atoms with Crippen LogP contribution in [-0.2, 0) is 9.47 Å². The van der Waals surface area contributed by atoms with E-state index in [9.17, 15) is 30.6 Å². The van der Waals surface area contributed by atoms with E-state index in [1.54, 1.807) is 0 Å². The summed E-state index contributed by atoms with van der Waals surface area (Å²) < 4.78 is 10.6. The van der Waals surface area contributed by atoms with Crippen LogP contribution >= 0.6 is 0 Å². The van der Waals surface area contributed by atoms with Gasteiger partial charge in [-0.15, -0.1) is 0 Å². The van der Waals surface area contributed by atoms with Gasteiger partial charge in [-0.25, -0.2) is 0 Å². The van der Waals surface area contributed by atoms with Crippen LogP contribution in [-0.4, -0.2) is 104 Å². The predicted octanol–water partition coefficient (Wildman–Crippen LogP) is -4.77. The van der Waals surface area contributed by atoms with Crippen molar-refractivity contribution in [3.05, 3.63) is 0 Å². The number of nitrogens with two attached hydrogens (primary N) is 1. The molecule has 0 unspecified atom stereocenters. The summed E-state index contributed by atoms with van der Waals surface area (Å²) in [5, 5.41) is 67.9. The average molecular weight is 339 g/mol. The van der Waals surface area contributed by atoms with Gasteiger partial charge in [-0.1, -0.05) is 0 Å². The number of rotatable bonds is 4. The SMILES string of the molecule is N[C@H]1C[C@H](CO)[C@@H](O[C@H]2O[C@H](CO)[C@@H](O)[C@H](O)[C@H]2O)[C@H](O)[C@H]1O. The quantitative estimate of drug-likeness (QED) is 0.247. The minimum absolute atomic E-state index is 0.177. The maximum atomic E-state index is 10.1. The van der Waals surface area contributed by atoms with E-state index in [2.05, 4.69) is 0 Å². The summed E-state index contributed by atoms with van der Waals surface area (Å²) in [6, 6.07) is -0.739. The molecule has 0 bridgehead atoms. The molecule has 0 aromatic carbocycles. The molecule has 2 aliphatic rings. The van der Waals surface area contributed by atoms with Crippen molar-refractivity contribution in [1.29, 1.82) is 0 Å². The lowest BCUT2D eigenvalue weighted by Crippen LogP contribution is -2.63. The Labute approximate surface area is 132 Å². The molecule has 0 amide bonds. The zero-order chi connectivity index (χ0) is 17.3. The van der Waals surface area contributed by atoms with Gasteiger partial charge in [-0.3, -0.25) is 0 Å². The Balaban J connectivity index is 2.11. The lowest BCUT2D eigenvalue weighted by atomic mass is 9.80. The zero-order valence-corrected chi connectivity index (χ0v) is 12.4. The van der Waals surface area contributed by atoms with Crippen molar-refractivity contribution in [3.63, 3.8) is 0 Å². The summed E-state index contributed by atoms with van der Waals surface area (Å²) in [5.74, 6) is -0.615. The molecule has 10 heteroatoms. The largest absolute Gasteiger partial charge is 0.396 e. The van der Waals surface area contributed by atoms with E-state index in [-0.39, 0.29) is 13.0 Å². The highest BCUT2D eigenvalue weighted by Gasteiger charge is 2.49. The van der Waals surface area contributed by atoms with Crippen molar-refractivity contribution >= 4 is 0 Å². The molecule has 2 fully saturated rings. The molecule has 1 aliphatic carbocycles. The minimum atomic E-state index is -1.63. The summed E-state index contributed by atoms with van der Waals surface area (Å²) >= 11 is 0. The highest BCUT2D eigenvalue weighted by Crippen LogP contribution is 2.31. The first-order valence-corrected chi connectivity index (χ1v) is 7.50. The molecular weight excluding hydrogens is 314 g/mol. The maximum absolute atomic E-state index is 10.1. The van der Waals surface area contributed by atoms with Gasteiger partial charge in [0.25, 0.3) is 0 Å². The molecule has 1 aliphatic heterocycles. The van der Waals surface area contributed by atoms with Gasteiger partial charge >= 0.3 is 0 Å². The van der Waals surface area contributed by atoms with Gasteiger partial charge in [-0.05, 0) is 6.42 Å². The fourth-order valence-corrected chi connectivity index (χ4v) is 3.05. The van der Waals surface area contributed by atoms with E-state index in [1.807, 2.05) is 0 Å². The molecule has 0 spiro atoms. The summed E-state index contributed by atoms with van der Waals surface area (Å²) in [6.07, 6.45) is -11.0. The van der Waals surface area contributed by atoms with Crippen LogP contribution in [0.3, 0.4) is 0 Å². The Morgan fingerprint density at radius 3 is 2.09 bits per heavy atom. The first-order valence-electron chi connectivity index (χ1n) is 7.50. The molecule has 0 radical (unpaired) electrons. The van der Waals surface area contributed by atoms with Gasteiger partial charge < -0.3 is 51.0 Å².